The molecule has 2 aromatic carbocycles. The molecule has 2 rings (SSSR count). The highest BCUT2D eigenvalue weighted by molar-refractivity contribution is 7.91. The van der Waals surface area contributed by atoms with E-state index in [-0.39, 0.29) is 29.1 Å². The molecule has 0 fully saturated rings. The molecule has 0 heterocycles. The van der Waals surface area contributed by atoms with Crippen LogP contribution in [0.2, 0.25) is 0 Å². The summed E-state index contributed by atoms with van der Waals surface area (Å²) in [6.45, 7) is 12.6. The third-order valence-corrected chi connectivity index (χ3v) is 6.63. The average molecular weight is 403 g/mol. The Labute approximate surface area is 168 Å². The zero-order valence-corrected chi connectivity index (χ0v) is 18.4. The average Bonchev–Trinajstić information content (AvgIpc) is 2.59. The van der Waals surface area contributed by atoms with Crippen LogP contribution < -0.4 is 0 Å². The van der Waals surface area contributed by atoms with Gasteiger partial charge in [0.1, 0.15) is 6.61 Å². The molecular weight excluding hydrogens is 372 g/mol. The van der Waals surface area contributed by atoms with Crippen LogP contribution >= 0.6 is 0 Å². The Bertz CT molecular complexity index is 926. The van der Waals surface area contributed by atoms with Gasteiger partial charge in [0.25, 0.3) is 0 Å². The van der Waals surface area contributed by atoms with E-state index >= 15 is 0 Å². The highest BCUT2D eigenvalue weighted by atomic mass is 32.2. The molecule has 0 amide bonds. The van der Waals surface area contributed by atoms with Gasteiger partial charge in [-0.25, -0.2) is 8.42 Å². The summed E-state index contributed by atoms with van der Waals surface area (Å²) in [5.41, 5.74) is 5.40. The maximum absolute atomic E-state index is 12.4. The Morgan fingerprint density at radius 3 is 2.00 bits per heavy atom. The molecule has 0 atom stereocenters. The van der Waals surface area contributed by atoms with Crippen LogP contribution in [0.1, 0.15) is 55.0 Å². The van der Waals surface area contributed by atoms with E-state index < -0.39 is 15.8 Å². The minimum absolute atomic E-state index is 0.0507. The molecule has 4 nitrogen and oxygen atoms in total. The Hall–Kier alpha value is -2.14. The smallest absolute Gasteiger partial charge is 0.307 e. The molecule has 0 saturated carbocycles. The van der Waals surface area contributed by atoms with Gasteiger partial charge in [0.2, 0.25) is 0 Å². The van der Waals surface area contributed by atoms with Gasteiger partial charge >= 0.3 is 5.97 Å². The predicted octanol–water partition coefficient (Wildman–Crippen LogP) is 4.82. The normalized spacial score (nSPS) is 12.1. The molecule has 0 saturated heterocycles. The van der Waals surface area contributed by atoms with E-state index in [0.29, 0.717) is 0 Å². The summed E-state index contributed by atoms with van der Waals surface area (Å²) in [6, 6.07) is 10.9. The van der Waals surface area contributed by atoms with E-state index in [0.717, 1.165) is 22.3 Å². The monoisotopic (exact) mass is 402 g/mol. The molecule has 152 valence electrons. The van der Waals surface area contributed by atoms with Crippen LogP contribution in [0.3, 0.4) is 0 Å². The molecule has 5 heteroatoms. The minimum Gasteiger partial charge on any atom is -0.461 e. The second-order valence-electron chi connectivity index (χ2n) is 8.38. The van der Waals surface area contributed by atoms with Gasteiger partial charge in [0.15, 0.2) is 9.84 Å². The molecule has 0 radical (unpaired) electrons. The molecule has 28 heavy (non-hydrogen) atoms. The van der Waals surface area contributed by atoms with Crippen molar-refractivity contribution in [3.63, 3.8) is 0 Å². The van der Waals surface area contributed by atoms with Crippen molar-refractivity contribution < 1.29 is 17.9 Å². The molecule has 0 aliphatic rings. The fourth-order valence-electron chi connectivity index (χ4n) is 2.96. The number of rotatable bonds is 6. The number of carbonyl (C=O) groups excluding carboxylic acids is 1. The highest BCUT2D eigenvalue weighted by Gasteiger charge is 2.19. The van der Waals surface area contributed by atoms with Gasteiger partial charge in [-0.2, -0.15) is 0 Å². The first-order valence-electron chi connectivity index (χ1n) is 9.46. The van der Waals surface area contributed by atoms with Gasteiger partial charge < -0.3 is 4.74 Å². The van der Waals surface area contributed by atoms with Crippen LogP contribution in [0.4, 0.5) is 0 Å². The van der Waals surface area contributed by atoms with Crippen molar-refractivity contribution in [3.8, 4) is 0 Å². The number of benzene rings is 2. The van der Waals surface area contributed by atoms with E-state index in [1.54, 1.807) is 24.3 Å². The van der Waals surface area contributed by atoms with Gasteiger partial charge in [-0.3, -0.25) is 4.79 Å². The standard InChI is InChI=1S/C23H30O4S/c1-16-7-9-20(10-8-16)28(25,26)12-11-22(24)27-15-21-17(2)13-19(14-18(21)3)23(4,5)6/h7-10,13-14H,11-12,15H2,1-6H3. The molecule has 0 aromatic heterocycles. The second-order valence-corrected chi connectivity index (χ2v) is 10.5. The summed E-state index contributed by atoms with van der Waals surface area (Å²) in [6.07, 6.45) is -0.158. The molecule has 0 bridgehead atoms. The minimum atomic E-state index is -3.49. The third-order valence-electron chi connectivity index (χ3n) is 4.89. The van der Waals surface area contributed by atoms with E-state index in [1.807, 2.05) is 20.8 Å². The topological polar surface area (TPSA) is 60.4 Å². The summed E-state index contributed by atoms with van der Waals surface area (Å²) in [5.74, 6) is -0.759. The fourth-order valence-corrected chi connectivity index (χ4v) is 4.18. The van der Waals surface area contributed by atoms with Crippen molar-refractivity contribution in [3.05, 3.63) is 64.2 Å². The lowest BCUT2D eigenvalue weighted by Crippen LogP contribution is -2.15. The number of esters is 1. The van der Waals surface area contributed by atoms with Crippen LogP contribution in [-0.4, -0.2) is 20.1 Å². The first kappa shape index (κ1) is 22.2. The summed E-state index contributed by atoms with van der Waals surface area (Å²) in [4.78, 5) is 12.3. The third kappa shape index (κ3) is 5.68. The lowest BCUT2D eigenvalue weighted by atomic mass is 9.84. The molecule has 0 N–H and O–H groups in total. The van der Waals surface area contributed by atoms with Gasteiger partial charge in [0.05, 0.1) is 17.1 Å². The number of hydrogen-bond donors (Lipinski definition) is 0. The van der Waals surface area contributed by atoms with Crippen LogP contribution in [0.15, 0.2) is 41.3 Å². The fraction of sp³-hybridized carbons (Fsp3) is 0.435. The summed E-state index contributed by atoms with van der Waals surface area (Å²) < 4.78 is 30.1. The maximum Gasteiger partial charge on any atom is 0.307 e. The maximum atomic E-state index is 12.4. The zero-order valence-electron chi connectivity index (χ0n) is 17.6. The van der Waals surface area contributed by atoms with Gasteiger partial charge in [0, 0.05) is 0 Å². The van der Waals surface area contributed by atoms with E-state index in [2.05, 4.69) is 32.9 Å². The number of carbonyl (C=O) groups is 1. The summed E-state index contributed by atoms with van der Waals surface area (Å²) in [5, 5.41) is 0. The second kappa shape index (κ2) is 8.48. The summed E-state index contributed by atoms with van der Waals surface area (Å²) >= 11 is 0. The largest absolute Gasteiger partial charge is 0.461 e. The van der Waals surface area contributed by atoms with Gasteiger partial charge in [-0.1, -0.05) is 50.6 Å². The van der Waals surface area contributed by atoms with Gasteiger partial charge in [-0.05, 0) is 60.6 Å². The van der Waals surface area contributed by atoms with Crippen molar-refractivity contribution in [2.75, 3.05) is 5.75 Å². The van der Waals surface area contributed by atoms with Crippen molar-refractivity contribution in [2.45, 2.75) is 64.9 Å². The molecule has 0 aliphatic heterocycles. The van der Waals surface area contributed by atoms with E-state index in [9.17, 15) is 13.2 Å². The summed E-state index contributed by atoms with van der Waals surface area (Å²) in [7, 11) is -3.49. The van der Waals surface area contributed by atoms with Crippen molar-refractivity contribution in [2.24, 2.45) is 0 Å². The quantitative estimate of drug-likeness (QED) is 0.650. The molecular formula is C23H30O4S. The van der Waals surface area contributed by atoms with Crippen molar-refractivity contribution in [1.82, 2.24) is 0 Å². The number of aryl methyl sites for hydroxylation is 3. The van der Waals surface area contributed by atoms with E-state index in [1.165, 1.54) is 5.56 Å². The van der Waals surface area contributed by atoms with Crippen molar-refractivity contribution >= 4 is 15.8 Å². The lowest BCUT2D eigenvalue weighted by molar-refractivity contribution is -0.144. The SMILES string of the molecule is Cc1ccc(S(=O)(=O)CCC(=O)OCc2c(C)cc(C(C)(C)C)cc2C)cc1. The number of hydrogen-bond acceptors (Lipinski definition) is 4. The highest BCUT2D eigenvalue weighted by Crippen LogP contribution is 2.27. The Morgan fingerprint density at radius 1 is 0.964 bits per heavy atom. The van der Waals surface area contributed by atoms with Crippen LogP contribution in [-0.2, 0) is 31.4 Å². The predicted molar refractivity (Wildman–Crippen MR) is 112 cm³/mol. The first-order chi connectivity index (χ1) is 12.9. The molecule has 0 spiro atoms. The number of sulfone groups is 1. The van der Waals surface area contributed by atoms with Crippen molar-refractivity contribution in [1.29, 1.82) is 0 Å². The van der Waals surface area contributed by atoms with Gasteiger partial charge in [-0.15, -0.1) is 0 Å². The molecule has 0 aliphatic carbocycles. The van der Waals surface area contributed by atoms with Crippen LogP contribution in [0.25, 0.3) is 0 Å². The Morgan fingerprint density at radius 2 is 1.50 bits per heavy atom. The van der Waals surface area contributed by atoms with Crippen LogP contribution in [0.5, 0.6) is 0 Å². The lowest BCUT2D eigenvalue weighted by Gasteiger charge is -2.22. The Balaban J connectivity index is 1.98. The zero-order chi connectivity index (χ0) is 21.1. The molecule has 2 aromatic rings. The first-order valence-corrected chi connectivity index (χ1v) is 11.1. The van der Waals surface area contributed by atoms with Crippen LogP contribution in [0, 0.1) is 20.8 Å². The van der Waals surface area contributed by atoms with E-state index in [4.69, 9.17) is 4.74 Å². The molecule has 0 unspecified atom stereocenters. The Kier molecular flexibility index (Phi) is 6.71. The number of ether oxygens (including phenoxy) is 1.